The van der Waals surface area contributed by atoms with E-state index in [1.807, 2.05) is 48.5 Å². The van der Waals surface area contributed by atoms with Gasteiger partial charge in [0.2, 0.25) is 0 Å². The van der Waals surface area contributed by atoms with E-state index in [1.54, 1.807) is 0 Å². The fraction of sp³-hybridized carbons (Fsp3) is 0.300. The SMILES string of the molecule is ClCCc1nn[nH]n1.NCc1ccccc1.c1ccc(CNCCc2nn[nH]n2)cc1. The minimum absolute atomic E-state index is 0.541. The van der Waals surface area contributed by atoms with Gasteiger partial charge in [-0.2, -0.15) is 10.4 Å². The van der Waals surface area contributed by atoms with Crippen molar-refractivity contribution in [3.63, 3.8) is 0 Å². The molecule has 0 atom stereocenters. The smallest absolute Gasteiger partial charge is 0.175 e. The van der Waals surface area contributed by atoms with E-state index in [9.17, 15) is 0 Å². The molecule has 164 valence electrons. The molecule has 0 aliphatic carbocycles. The van der Waals surface area contributed by atoms with Crippen molar-refractivity contribution >= 4 is 11.6 Å². The summed E-state index contributed by atoms with van der Waals surface area (Å²) in [5.74, 6) is 1.95. The Hall–Kier alpha value is -3.21. The molecule has 0 fully saturated rings. The number of rotatable bonds is 8. The highest BCUT2D eigenvalue weighted by Gasteiger charge is 1.97. The van der Waals surface area contributed by atoms with E-state index in [4.69, 9.17) is 17.3 Å². The van der Waals surface area contributed by atoms with E-state index < -0.39 is 0 Å². The summed E-state index contributed by atoms with van der Waals surface area (Å²) < 4.78 is 0. The summed E-state index contributed by atoms with van der Waals surface area (Å²) in [5, 5.41) is 30.0. The molecule has 11 heteroatoms. The van der Waals surface area contributed by atoms with Gasteiger partial charge in [-0.05, 0) is 11.1 Å². The molecule has 2 heterocycles. The molecule has 2 aromatic heterocycles. The molecule has 5 N–H and O–H groups in total. The highest BCUT2D eigenvalue weighted by molar-refractivity contribution is 6.17. The zero-order chi connectivity index (χ0) is 22.0. The summed E-state index contributed by atoms with van der Waals surface area (Å²) in [6, 6.07) is 20.3. The van der Waals surface area contributed by atoms with Crippen LogP contribution in [0.5, 0.6) is 0 Å². The van der Waals surface area contributed by atoms with Crippen LogP contribution in [0, 0.1) is 0 Å². The Morgan fingerprint density at radius 3 is 1.77 bits per heavy atom. The molecule has 31 heavy (non-hydrogen) atoms. The molecule has 4 rings (SSSR count). The number of H-pyrrole nitrogens is 2. The molecule has 0 saturated carbocycles. The molecule has 0 aliphatic rings. The summed E-state index contributed by atoms with van der Waals surface area (Å²) >= 11 is 5.37. The van der Waals surface area contributed by atoms with Crippen molar-refractivity contribution < 1.29 is 0 Å². The third kappa shape index (κ3) is 10.9. The lowest BCUT2D eigenvalue weighted by Gasteiger charge is -2.02. The van der Waals surface area contributed by atoms with Gasteiger partial charge in [-0.3, -0.25) is 0 Å². The van der Waals surface area contributed by atoms with Crippen LogP contribution in [-0.4, -0.2) is 53.7 Å². The Kier molecular flexibility index (Phi) is 12.1. The van der Waals surface area contributed by atoms with Crippen LogP contribution in [-0.2, 0) is 25.9 Å². The van der Waals surface area contributed by atoms with Crippen molar-refractivity contribution in [2.24, 2.45) is 5.73 Å². The van der Waals surface area contributed by atoms with Crippen LogP contribution in [0.1, 0.15) is 22.8 Å². The number of aromatic nitrogens is 8. The molecule has 0 bridgehead atoms. The van der Waals surface area contributed by atoms with Crippen LogP contribution in [0.25, 0.3) is 0 Å². The van der Waals surface area contributed by atoms with E-state index in [2.05, 4.69) is 58.7 Å². The Balaban J connectivity index is 0.000000181. The number of hydrogen-bond donors (Lipinski definition) is 4. The van der Waals surface area contributed by atoms with E-state index in [1.165, 1.54) is 11.1 Å². The molecular formula is C20H27ClN10. The van der Waals surface area contributed by atoms with Gasteiger partial charge in [-0.1, -0.05) is 71.1 Å². The number of benzene rings is 2. The second kappa shape index (κ2) is 15.6. The molecule has 0 spiro atoms. The fourth-order valence-corrected chi connectivity index (χ4v) is 2.47. The molecule has 0 aliphatic heterocycles. The maximum absolute atomic E-state index is 5.37. The summed E-state index contributed by atoms with van der Waals surface area (Å²) in [5.41, 5.74) is 7.82. The average Bonchev–Trinajstić information content (AvgIpc) is 3.54. The fourth-order valence-electron chi connectivity index (χ4n) is 2.30. The molecule has 0 unspecified atom stereocenters. The Labute approximate surface area is 186 Å². The van der Waals surface area contributed by atoms with Gasteiger partial charge in [-0.25, -0.2) is 0 Å². The largest absolute Gasteiger partial charge is 0.326 e. The lowest BCUT2D eigenvalue weighted by atomic mass is 10.2. The van der Waals surface area contributed by atoms with Gasteiger partial charge in [0.25, 0.3) is 0 Å². The van der Waals surface area contributed by atoms with E-state index in [-0.39, 0.29) is 0 Å². The summed E-state index contributed by atoms with van der Waals surface area (Å²) in [6.45, 7) is 2.37. The summed E-state index contributed by atoms with van der Waals surface area (Å²) in [6.07, 6.45) is 1.47. The zero-order valence-corrected chi connectivity index (χ0v) is 17.9. The Morgan fingerprint density at radius 1 is 0.774 bits per heavy atom. The van der Waals surface area contributed by atoms with Crippen molar-refractivity contribution in [1.29, 1.82) is 0 Å². The lowest BCUT2D eigenvalue weighted by molar-refractivity contribution is 0.671. The Bertz CT molecular complexity index is 886. The predicted octanol–water partition coefficient (Wildman–Crippen LogP) is 1.66. The van der Waals surface area contributed by atoms with Crippen LogP contribution in [0.15, 0.2) is 60.7 Å². The van der Waals surface area contributed by atoms with Gasteiger partial charge < -0.3 is 11.1 Å². The highest BCUT2D eigenvalue weighted by atomic mass is 35.5. The Morgan fingerprint density at radius 2 is 1.32 bits per heavy atom. The van der Waals surface area contributed by atoms with Crippen molar-refractivity contribution in [3.05, 3.63) is 83.4 Å². The number of nitrogens with zero attached hydrogens (tertiary/aromatic N) is 6. The summed E-state index contributed by atoms with van der Waals surface area (Å²) in [4.78, 5) is 0. The molecule has 10 nitrogen and oxygen atoms in total. The van der Waals surface area contributed by atoms with Crippen molar-refractivity contribution in [1.82, 2.24) is 46.6 Å². The standard InChI is InChI=1S/C10H13N5.C7H9N.C3H5ClN4/c1-2-4-9(5-3-1)8-11-7-6-10-12-14-15-13-10;8-6-7-4-2-1-3-5-7;4-2-1-3-5-7-8-6-3/h1-5,11H,6-8H2,(H,12,13,14,15);1-5H,6,8H2;1-2H2,(H,5,6,7,8). The number of aromatic amines is 2. The van der Waals surface area contributed by atoms with Gasteiger partial charge in [0.1, 0.15) is 0 Å². The number of nitrogens with one attached hydrogen (secondary N) is 3. The quantitative estimate of drug-likeness (QED) is 0.238. The number of tetrazole rings is 2. The molecule has 0 saturated heterocycles. The number of hydrogen-bond acceptors (Lipinski definition) is 8. The normalized spacial score (nSPS) is 9.87. The second-order valence-electron chi connectivity index (χ2n) is 6.20. The van der Waals surface area contributed by atoms with Gasteiger partial charge in [0.15, 0.2) is 11.6 Å². The van der Waals surface area contributed by atoms with Crippen LogP contribution in [0.2, 0.25) is 0 Å². The molecular weight excluding hydrogens is 416 g/mol. The molecule has 2 aromatic carbocycles. The number of aryl methyl sites for hydroxylation is 1. The number of halogens is 1. The first-order chi connectivity index (χ1) is 15.3. The zero-order valence-electron chi connectivity index (χ0n) is 17.2. The second-order valence-corrected chi connectivity index (χ2v) is 6.58. The minimum atomic E-state index is 0.541. The molecule has 0 amide bonds. The highest BCUT2D eigenvalue weighted by Crippen LogP contribution is 1.97. The van der Waals surface area contributed by atoms with Crippen LogP contribution < -0.4 is 11.1 Å². The van der Waals surface area contributed by atoms with E-state index in [0.29, 0.717) is 24.7 Å². The van der Waals surface area contributed by atoms with Gasteiger partial charge >= 0.3 is 0 Å². The first-order valence-electron chi connectivity index (χ1n) is 9.81. The minimum Gasteiger partial charge on any atom is -0.326 e. The monoisotopic (exact) mass is 442 g/mol. The first-order valence-corrected chi connectivity index (χ1v) is 10.3. The number of nitrogens with two attached hydrogens (primary N) is 1. The maximum Gasteiger partial charge on any atom is 0.175 e. The van der Waals surface area contributed by atoms with Crippen molar-refractivity contribution in [2.45, 2.75) is 25.9 Å². The van der Waals surface area contributed by atoms with Gasteiger partial charge in [-0.15, -0.1) is 32.0 Å². The van der Waals surface area contributed by atoms with E-state index in [0.717, 1.165) is 25.3 Å². The van der Waals surface area contributed by atoms with Crippen LogP contribution >= 0.6 is 11.6 Å². The average molecular weight is 443 g/mol. The van der Waals surface area contributed by atoms with Crippen molar-refractivity contribution in [3.8, 4) is 0 Å². The lowest BCUT2D eigenvalue weighted by Crippen LogP contribution is -2.17. The first kappa shape index (κ1) is 24.1. The molecule has 4 aromatic rings. The third-order valence-electron chi connectivity index (χ3n) is 3.87. The van der Waals surface area contributed by atoms with Crippen LogP contribution in [0.3, 0.4) is 0 Å². The van der Waals surface area contributed by atoms with Crippen molar-refractivity contribution in [2.75, 3.05) is 12.4 Å². The van der Waals surface area contributed by atoms with Crippen LogP contribution in [0.4, 0.5) is 0 Å². The number of alkyl halides is 1. The van der Waals surface area contributed by atoms with Gasteiger partial charge in [0.05, 0.1) is 0 Å². The summed E-state index contributed by atoms with van der Waals surface area (Å²) in [7, 11) is 0. The van der Waals surface area contributed by atoms with E-state index >= 15 is 0 Å². The predicted molar refractivity (Wildman–Crippen MR) is 119 cm³/mol. The van der Waals surface area contributed by atoms with Gasteiger partial charge in [0, 0.05) is 38.4 Å². The molecule has 0 radical (unpaired) electrons. The third-order valence-corrected chi connectivity index (χ3v) is 4.06. The topological polar surface area (TPSA) is 147 Å². The maximum atomic E-state index is 5.37.